The summed E-state index contributed by atoms with van der Waals surface area (Å²) in [6.07, 6.45) is 1.42. The van der Waals surface area contributed by atoms with Gasteiger partial charge in [-0.1, -0.05) is 55.5 Å². The lowest BCUT2D eigenvalue weighted by molar-refractivity contribution is -0.117. The number of thiophene rings is 1. The van der Waals surface area contributed by atoms with Gasteiger partial charge in [0.1, 0.15) is 11.5 Å². The van der Waals surface area contributed by atoms with Crippen molar-refractivity contribution in [1.29, 1.82) is 0 Å². The van der Waals surface area contributed by atoms with E-state index in [1.807, 2.05) is 90.0 Å². The van der Waals surface area contributed by atoms with Gasteiger partial charge in [-0.2, -0.15) is 0 Å². The van der Waals surface area contributed by atoms with Crippen molar-refractivity contribution in [3.8, 4) is 11.3 Å². The zero-order valence-corrected chi connectivity index (χ0v) is 19.8. The number of anilines is 1. The molecule has 1 unspecified atom stereocenters. The van der Waals surface area contributed by atoms with Crippen LogP contribution in [0.25, 0.3) is 11.3 Å². The van der Waals surface area contributed by atoms with E-state index in [1.165, 1.54) is 11.3 Å². The summed E-state index contributed by atoms with van der Waals surface area (Å²) in [5, 5.41) is 4.99. The second kappa shape index (κ2) is 9.69. The maximum absolute atomic E-state index is 13.0. The van der Waals surface area contributed by atoms with Crippen molar-refractivity contribution in [2.75, 3.05) is 11.9 Å². The molecule has 0 bridgehead atoms. The van der Waals surface area contributed by atoms with Crippen LogP contribution >= 0.6 is 11.3 Å². The van der Waals surface area contributed by atoms with E-state index in [1.54, 1.807) is 0 Å². The normalized spacial score (nSPS) is 13.9. The molecule has 0 spiro atoms. The van der Waals surface area contributed by atoms with Gasteiger partial charge in [0.05, 0.1) is 10.8 Å². The van der Waals surface area contributed by atoms with Crippen LogP contribution in [0, 0.1) is 0 Å². The first-order valence-corrected chi connectivity index (χ1v) is 12.4. The fraction of sp³-hybridized carbons (Fsp3) is 0.214. The predicted octanol–water partition coefficient (Wildman–Crippen LogP) is 6.34. The molecule has 1 aliphatic rings. The van der Waals surface area contributed by atoms with Gasteiger partial charge >= 0.3 is 0 Å². The minimum absolute atomic E-state index is 0.0210. The maximum atomic E-state index is 13.0. The fourth-order valence-electron chi connectivity index (χ4n) is 4.44. The molecule has 172 valence electrons. The van der Waals surface area contributed by atoms with E-state index in [4.69, 9.17) is 4.42 Å². The minimum Gasteiger partial charge on any atom is -0.461 e. The zero-order valence-electron chi connectivity index (χ0n) is 19.0. The molecule has 0 aliphatic carbocycles. The van der Waals surface area contributed by atoms with Crippen LogP contribution in [0.2, 0.25) is 0 Å². The van der Waals surface area contributed by atoms with Crippen LogP contribution in [0.15, 0.2) is 82.6 Å². The third kappa shape index (κ3) is 4.54. The first kappa shape index (κ1) is 22.2. The highest BCUT2D eigenvalue weighted by Crippen LogP contribution is 2.32. The molecule has 4 aromatic rings. The number of rotatable bonds is 6. The van der Waals surface area contributed by atoms with Crippen molar-refractivity contribution in [1.82, 2.24) is 4.90 Å². The highest BCUT2D eigenvalue weighted by Gasteiger charge is 2.26. The minimum atomic E-state index is -0.201. The molecule has 1 N–H and O–H groups in total. The molecule has 5 nitrogen and oxygen atoms in total. The van der Waals surface area contributed by atoms with Crippen molar-refractivity contribution in [2.24, 2.45) is 0 Å². The molecule has 5 rings (SSSR count). The molecule has 0 saturated carbocycles. The van der Waals surface area contributed by atoms with Crippen molar-refractivity contribution in [3.63, 3.8) is 0 Å². The summed E-state index contributed by atoms with van der Waals surface area (Å²) in [6, 6.07) is 23.4. The Hall–Kier alpha value is -3.64. The van der Waals surface area contributed by atoms with E-state index in [-0.39, 0.29) is 17.7 Å². The maximum Gasteiger partial charge on any atom is 0.264 e. The lowest BCUT2D eigenvalue weighted by Crippen LogP contribution is -2.35. The lowest BCUT2D eigenvalue weighted by Gasteiger charge is -2.25. The summed E-state index contributed by atoms with van der Waals surface area (Å²) in [5.74, 6) is 1.52. The second-order valence-electron chi connectivity index (χ2n) is 8.45. The van der Waals surface area contributed by atoms with Gasteiger partial charge in [0.25, 0.3) is 5.91 Å². The summed E-state index contributed by atoms with van der Waals surface area (Å²) in [7, 11) is 0. The van der Waals surface area contributed by atoms with E-state index in [9.17, 15) is 9.59 Å². The molecule has 0 radical (unpaired) electrons. The van der Waals surface area contributed by atoms with Gasteiger partial charge in [0, 0.05) is 36.3 Å². The molecule has 3 heterocycles. The first-order chi connectivity index (χ1) is 16.6. The van der Waals surface area contributed by atoms with Gasteiger partial charge < -0.3 is 14.6 Å². The Morgan fingerprint density at radius 2 is 1.91 bits per heavy atom. The number of furan rings is 1. The fourth-order valence-corrected chi connectivity index (χ4v) is 5.13. The number of hydrogen-bond acceptors (Lipinski definition) is 4. The Balaban J connectivity index is 1.32. The van der Waals surface area contributed by atoms with E-state index in [0.717, 1.165) is 45.2 Å². The third-order valence-electron chi connectivity index (χ3n) is 6.23. The zero-order chi connectivity index (χ0) is 23.5. The van der Waals surface area contributed by atoms with E-state index >= 15 is 0 Å². The standard InChI is InChI=1S/C28H26N2O3S/c1-2-23(19-8-4-3-5-9-19)27(31)29-22-11-6-10-20(16-22)25-17-21-18-30(14-13-24(21)33-25)28(32)26-12-7-15-34-26/h3-12,15-17,23H,2,13-14,18H2,1H3,(H,29,31). The molecule has 0 saturated heterocycles. The molecule has 2 aromatic carbocycles. The van der Waals surface area contributed by atoms with Crippen molar-refractivity contribution in [2.45, 2.75) is 32.2 Å². The summed E-state index contributed by atoms with van der Waals surface area (Å²) >= 11 is 1.47. The van der Waals surface area contributed by atoms with Crippen molar-refractivity contribution in [3.05, 3.63) is 99.9 Å². The topological polar surface area (TPSA) is 62.6 Å². The first-order valence-electron chi connectivity index (χ1n) is 11.5. The number of carbonyl (C=O) groups is 2. The smallest absolute Gasteiger partial charge is 0.264 e. The number of nitrogens with zero attached hydrogens (tertiary/aromatic N) is 1. The van der Waals surface area contributed by atoms with Crippen LogP contribution in [0.4, 0.5) is 5.69 Å². The van der Waals surface area contributed by atoms with Gasteiger partial charge in [-0.3, -0.25) is 9.59 Å². The number of hydrogen-bond donors (Lipinski definition) is 1. The highest BCUT2D eigenvalue weighted by atomic mass is 32.1. The van der Waals surface area contributed by atoms with Gasteiger partial charge in [-0.25, -0.2) is 0 Å². The van der Waals surface area contributed by atoms with Crippen molar-refractivity contribution < 1.29 is 14.0 Å². The van der Waals surface area contributed by atoms with Gasteiger partial charge in [0.15, 0.2) is 0 Å². The van der Waals surface area contributed by atoms with E-state index in [0.29, 0.717) is 19.5 Å². The summed E-state index contributed by atoms with van der Waals surface area (Å²) in [6.45, 7) is 3.21. The number of nitrogens with one attached hydrogen (secondary N) is 1. The van der Waals surface area contributed by atoms with Crippen LogP contribution in [0.3, 0.4) is 0 Å². The predicted molar refractivity (Wildman–Crippen MR) is 135 cm³/mol. The summed E-state index contributed by atoms with van der Waals surface area (Å²) < 4.78 is 6.16. The monoisotopic (exact) mass is 470 g/mol. The molecular formula is C28H26N2O3S. The van der Waals surface area contributed by atoms with E-state index < -0.39 is 0 Å². The van der Waals surface area contributed by atoms with Crippen LogP contribution in [-0.2, 0) is 17.8 Å². The number of carbonyl (C=O) groups excluding carboxylic acids is 2. The SMILES string of the molecule is CCC(C(=O)Nc1cccc(-c2cc3c(o2)CCN(C(=O)c2cccs2)C3)c1)c1ccccc1. The Bertz CT molecular complexity index is 1290. The largest absolute Gasteiger partial charge is 0.461 e. The van der Waals surface area contributed by atoms with Gasteiger partial charge in [0.2, 0.25) is 5.91 Å². The molecule has 2 aromatic heterocycles. The molecular weight excluding hydrogens is 444 g/mol. The Kier molecular flexibility index (Phi) is 6.32. The Morgan fingerprint density at radius 3 is 2.68 bits per heavy atom. The Labute approximate surface area is 203 Å². The second-order valence-corrected chi connectivity index (χ2v) is 9.40. The number of amides is 2. The quantitative estimate of drug-likeness (QED) is 0.358. The highest BCUT2D eigenvalue weighted by molar-refractivity contribution is 7.12. The number of benzene rings is 2. The third-order valence-corrected chi connectivity index (χ3v) is 7.08. The Morgan fingerprint density at radius 1 is 1.06 bits per heavy atom. The molecule has 1 atom stereocenters. The van der Waals surface area contributed by atoms with Crippen LogP contribution in [0.5, 0.6) is 0 Å². The summed E-state index contributed by atoms with van der Waals surface area (Å²) in [4.78, 5) is 28.4. The lowest BCUT2D eigenvalue weighted by atomic mass is 9.95. The van der Waals surface area contributed by atoms with Crippen LogP contribution in [0.1, 0.15) is 45.8 Å². The molecule has 0 fully saturated rings. The average Bonchev–Trinajstić information content (AvgIpc) is 3.55. The van der Waals surface area contributed by atoms with Crippen LogP contribution in [-0.4, -0.2) is 23.3 Å². The summed E-state index contributed by atoms with van der Waals surface area (Å²) in [5.41, 5.74) is 3.69. The average molecular weight is 471 g/mol. The van der Waals surface area contributed by atoms with Crippen LogP contribution < -0.4 is 5.32 Å². The molecule has 2 amide bonds. The van der Waals surface area contributed by atoms with Crippen molar-refractivity contribution >= 4 is 28.8 Å². The van der Waals surface area contributed by atoms with E-state index in [2.05, 4.69) is 5.32 Å². The number of fused-ring (bicyclic) bond motifs is 1. The van der Waals surface area contributed by atoms with Gasteiger partial charge in [-0.15, -0.1) is 11.3 Å². The molecule has 34 heavy (non-hydrogen) atoms. The molecule has 6 heteroatoms. The molecule has 1 aliphatic heterocycles. The van der Waals surface area contributed by atoms with Gasteiger partial charge in [-0.05, 0) is 41.6 Å².